The summed E-state index contributed by atoms with van der Waals surface area (Å²) in [7, 11) is 0. The Morgan fingerprint density at radius 3 is 2.82 bits per heavy atom. The predicted octanol–water partition coefficient (Wildman–Crippen LogP) is -1.25. The lowest BCUT2D eigenvalue weighted by atomic mass is 10.0. The molecule has 2 fully saturated rings. The molecule has 6 N–H and O–H groups in total. The molecule has 2 heterocycles. The van der Waals surface area contributed by atoms with Gasteiger partial charge in [-0.05, 0) is 12.8 Å². The standard InChI is InChI=1S/C12H21N5O4S/c13-21-5-10(19)17-16-9(18)4-2-1-3-8-11-7(6-22-8)14-12(20)15-11/h7-8,11H,1-6,13H2,(H,16,18)(H,17,19)(H2,14,15,20)/t7-,8-,11+/m0/s1. The highest BCUT2D eigenvalue weighted by molar-refractivity contribution is 8.00. The molecule has 0 spiro atoms. The number of amides is 4. The molecule has 10 heteroatoms. The first-order valence-electron chi connectivity index (χ1n) is 7.18. The summed E-state index contributed by atoms with van der Waals surface area (Å²) in [6.07, 6.45) is 2.91. The van der Waals surface area contributed by atoms with E-state index >= 15 is 0 Å². The summed E-state index contributed by atoms with van der Waals surface area (Å²) in [5.74, 6) is 4.91. The Morgan fingerprint density at radius 2 is 2.05 bits per heavy atom. The number of carbonyl (C=O) groups excluding carboxylic acids is 3. The molecule has 0 saturated carbocycles. The highest BCUT2D eigenvalue weighted by Crippen LogP contribution is 2.33. The van der Waals surface area contributed by atoms with E-state index < -0.39 is 5.91 Å². The number of rotatable bonds is 7. The van der Waals surface area contributed by atoms with E-state index in [1.807, 2.05) is 11.8 Å². The van der Waals surface area contributed by atoms with Crippen LogP contribution in [-0.2, 0) is 14.4 Å². The molecule has 0 radical (unpaired) electrons. The largest absolute Gasteiger partial charge is 0.332 e. The average Bonchev–Trinajstić information content (AvgIpc) is 3.01. The maximum absolute atomic E-state index is 11.5. The summed E-state index contributed by atoms with van der Waals surface area (Å²) in [5.41, 5.74) is 4.49. The van der Waals surface area contributed by atoms with E-state index in [0.29, 0.717) is 11.7 Å². The topological polar surface area (TPSA) is 135 Å². The van der Waals surface area contributed by atoms with Crippen molar-refractivity contribution in [2.45, 2.75) is 43.0 Å². The molecule has 124 valence electrons. The molecular weight excluding hydrogens is 310 g/mol. The van der Waals surface area contributed by atoms with Gasteiger partial charge in [-0.3, -0.25) is 25.3 Å². The third-order valence-corrected chi connectivity index (χ3v) is 5.15. The number of hydrazine groups is 1. The van der Waals surface area contributed by atoms with E-state index in [2.05, 4.69) is 26.3 Å². The van der Waals surface area contributed by atoms with Gasteiger partial charge in [0.15, 0.2) is 0 Å². The van der Waals surface area contributed by atoms with Gasteiger partial charge in [0.05, 0.1) is 12.1 Å². The van der Waals surface area contributed by atoms with Crippen molar-refractivity contribution >= 4 is 29.6 Å². The van der Waals surface area contributed by atoms with Crippen LogP contribution >= 0.6 is 11.8 Å². The lowest BCUT2D eigenvalue weighted by Crippen LogP contribution is -2.43. The number of unbranched alkanes of at least 4 members (excludes halogenated alkanes) is 1. The van der Waals surface area contributed by atoms with Gasteiger partial charge in [0.25, 0.3) is 5.91 Å². The summed E-state index contributed by atoms with van der Waals surface area (Å²) in [6, 6.07) is 0.338. The fourth-order valence-electron chi connectivity index (χ4n) is 2.59. The number of urea groups is 1. The number of carbonyl (C=O) groups is 3. The highest BCUT2D eigenvalue weighted by atomic mass is 32.2. The molecule has 2 aliphatic heterocycles. The van der Waals surface area contributed by atoms with Gasteiger partial charge in [0.1, 0.15) is 6.61 Å². The number of nitrogens with one attached hydrogen (secondary N) is 4. The minimum atomic E-state index is -0.506. The summed E-state index contributed by atoms with van der Waals surface area (Å²) in [6.45, 7) is -0.304. The molecule has 0 unspecified atom stereocenters. The van der Waals surface area contributed by atoms with E-state index in [4.69, 9.17) is 5.90 Å². The van der Waals surface area contributed by atoms with Crippen LogP contribution in [0.25, 0.3) is 0 Å². The second-order valence-corrected chi connectivity index (χ2v) is 6.55. The van der Waals surface area contributed by atoms with Crippen molar-refractivity contribution in [1.82, 2.24) is 21.5 Å². The maximum atomic E-state index is 11.5. The second kappa shape index (κ2) is 8.20. The fourth-order valence-corrected chi connectivity index (χ4v) is 4.13. The van der Waals surface area contributed by atoms with Crippen molar-refractivity contribution in [3.63, 3.8) is 0 Å². The van der Waals surface area contributed by atoms with E-state index in [0.717, 1.165) is 25.0 Å². The van der Waals surface area contributed by atoms with Crippen molar-refractivity contribution in [3.8, 4) is 0 Å². The molecule has 2 aliphatic rings. The second-order valence-electron chi connectivity index (χ2n) is 5.27. The monoisotopic (exact) mass is 331 g/mol. The molecule has 0 bridgehead atoms. The first kappa shape index (κ1) is 16.8. The fraction of sp³-hybridized carbons (Fsp3) is 0.750. The van der Waals surface area contributed by atoms with Gasteiger partial charge in [-0.25, -0.2) is 10.7 Å². The smallest absolute Gasteiger partial charge is 0.315 e. The molecule has 0 aliphatic carbocycles. The minimum absolute atomic E-state index is 0.0862. The van der Waals surface area contributed by atoms with Crippen LogP contribution in [0, 0.1) is 0 Å². The zero-order valence-corrected chi connectivity index (χ0v) is 12.9. The quantitative estimate of drug-likeness (QED) is 0.225. The molecule has 0 aromatic carbocycles. The van der Waals surface area contributed by atoms with E-state index in [1.165, 1.54) is 0 Å². The van der Waals surface area contributed by atoms with E-state index in [-0.39, 0.29) is 30.6 Å². The molecule has 2 rings (SSSR count). The van der Waals surface area contributed by atoms with Crippen LogP contribution in [0.2, 0.25) is 0 Å². The van der Waals surface area contributed by atoms with Crippen molar-refractivity contribution in [3.05, 3.63) is 0 Å². The average molecular weight is 331 g/mol. The minimum Gasteiger partial charge on any atom is -0.332 e. The number of hydrogen-bond donors (Lipinski definition) is 5. The first-order valence-corrected chi connectivity index (χ1v) is 8.23. The molecule has 2 saturated heterocycles. The van der Waals surface area contributed by atoms with Crippen molar-refractivity contribution in [2.75, 3.05) is 12.4 Å². The Bertz CT molecular complexity index is 436. The maximum Gasteiger partial charge on any atom is 0.315 e. The third kappa shape index (κ3) is 4.75. The van der Waals surface area contributed by atoms with Crippen molar-refractivity contribution in [2.24, 2.45) is 5.90 Å². The van der Waals surface area contributed by atoms with Crippen LogP contribution in [0.4, 0.5) is 4.79 Å². The lowest BCUT2D eigenvalue weighted by molar-refractivity contribution is -0.131. The molecule has 9 nitrogen and oxygen atoms in total. The molecule has 4 amide bonds. The van der Waals surface area contributed by atoms with Crippen molar-refractivity contribution < 1.29 is 19.2 Å². The van der Waals surface area contributed by atoms with Gasteiger partial charge in [-0.2, -0.15) is 11.8 Å². The van der Waals surface area contributed by atoms with Crippen LogP contribution in [0.1, 0.15) is 25.7 Å². The van der Waals surface area contributed by atoms with E-state index in [1.54, 1.807) is 0 Å². The highest BCUT2D eigenvalue weighted by Gasteiger charge is 2.42. The third-order valence-electron chi connectivity index (χ3n) is 3.64. The van der Waals surface area contributed by atoms with Crippen LogP contribution < -0.4 is 27.4 Å². The van der Waals surface area contributed by atoms with Crippen molar-refractivity contribution in [1.29, 1.82) is 0 Å². The molecular formula is C12H21N5O4S. The SMILES string of the molecule is NOCC(=O)NNC(=O)CCCC[C@@H]1SC[C@@H]2NC(=O)N[C@H]21. The number of thioether (sulfide) groups is 1. The molecule has 0 aromatic rings. The Labute approximate surface area is 132 Å². The van der Waals surface area contributed by atoms with Gasteiger partial charge < -0.3 is 10.6 Å². The normalized spacial score (nSPS) is 26.0. The Balaban J connectivity index is 1.55. The van der Waals surface area contributed by atoms with Crippen LogP contribution in [0.3, 0.4) is 0 Å². The van der Waals surface area contributed by atoms with Gasteiger partial charge in [-0.1, -0.05) is 6.42 Å². The Hall–Kier alpha value is -1.52. The summed E-state index contributed by atoms with van der Waals surface area (Å²) >= 11 is 1.85. The number of hydrogen-bond acceptors (Lipinski definition) is 6. The van der Waals surface area contributed by atoms with Crippen LogP contribution in [0.5, 0.6) is 0 Å². The van der Waals surface area contributed by atoms with Gasteiger partial charge >= 0.3 is 6.03 Å². The summed E-state index contributed by atoms with van der Waals surface area (Å²) in [4.78, 5) is 37.9. The lowest BCUT2D eigenvalue weighted by Gasteiger charge is -2.16. The predicted molar refractivity (Wildman–Crippen MR) is 80.4 cm³/mol. The number of nitrogens with two attached hydrogens (primary N) is 1. The summed E-state index contributed by atoms with van der Waals surface area (Å²) < 4.78 is 0. The van der Waals surface area contributed by atoms with Gasteiger partial charge in [0.2, 0.25) is 5.91 Å². The molecule has 0 aromatic heterocycles. The Morgan fingerprint density at radius 1 is 1.27 bits per heavy atom. The van der Waals surface area contributed by atoms with Crippen LogP contribution in [-0.4, -0.2) is 47.5 Å². The first-order chi connectivity index (χ1) is 10.6. The van der Waals surface area contributed by atoms with Gasteiger partial charge in [-0.15, -0.1) is 0 Å². The van der Waals surface area contributed by atoms with Crippen LogP contribution in [0.15, 0.2) is 0 Å². The zero-order chi connectivity index (χ0) is 15.9. The van der Waals surface area contributed by atoms with E-state index in [9.17, 15) is 14.4 Å². The van der Waals surface area contributed by atoms with Gasteiger partial charge in [0, 0.05) is 17.4 Å². The summed E-state index contributed by atoms with van der Waals surface area (Å²) in [5, 5.41) is 6.24. The number of fused-ring (bicyclic) bond motifs is 1. The Kier molecular flexibility index (Phi) is 6.28. The molecule has 3 atom stereocenters. The zero-order valence-electron chi connectivity index (χ0n) is 12.1. The molecule has 22 heavy (non-hydrogen) atoms.